The molecule has 0 amide bonds. The van der Waals surface area contributed by atoms with Crippen LogP contribution in [-0.2, 0) is 6.54 Å². The minimum absolute atomic E-state index is 0.0307. The lowest BCUT2D eigenvalue weighted by molar-refractivity contribution is -0.693. The molecule has 0 aliphatic rings. The quantitative estimate of drug-likeness (QED) is 0.280. The number of nitrogens with zero attached hydrogens (tertiary/aromatic N) is 5. The summed E-state index contributed by atoms with van der Waals surface area (Å²) in [6, 6.07) is 9.29. The van der Waals surface area contributed by atoms with E-state index < -0.39 is 48.4 Å². The fourth-order valence-corrected chi connectivity index (χ4v) is 3.49. The molecule has 0 N–H and O–H groups in total. The normalized spacial score (nSPS) is 10.7. The number of aromatic nitrogens is 1. The Labute approximate surface area is 185 Å². The third-order valence-corrected chi connectivity index (χ3v) is 5.08. The van der Waals surface area contributed by atoms with Crippen LogP contribution in [0.1, 0.15) is 29.5 Å². The average Bonchev–Trinajstić information content (AvgIpc) is 2.79. The number of nitro groups is 4. The van der Waals surface area contributed by atoms with Gasteiger partial charge in [0.15, 0.2) is 12.4 Å². The molecule has 13 nitrogen and oxygen atoms in total. The predicted molar refractivity (Wildman–Crippen MR) is 113 cm³/mol. The number of aryl methyl sites for hydroxylation is 1. The molecule has 0 aliphatic carbocycles. The summed E-state index contributed by atoms with van der Waals surface area (Å²) in [6.45, 7) is 2.51. The van der Waals surface area contributed by atoms with Gasteiger partial charge in [0.2, 0.25) is 0 Å². The van der Waals surface area contributed by atoms with Gasteiger partial charge in [0.25, 0.3) is 22.7 Å². The Kier molecular flexibility index (Phi) is 6.33. The van der Waals surface area contributed by atoms with Crippen LogP contribution in [0.15, 0.2) is 60.9 Å². The molecule has 33 heavy (non-hydrogen) atoms. The topological polar surface area (TPSA) is 176 Å². The molecule has 2 aromatic carbocycles. The van der Waals surface area contributed by atoms with Crippen LogP contribution in [0.2, 0.25) is 0 Å². The van der Waals surface area contributed by atoms with Crippen molar-refractivity contribution in [2.45, 2.75) is 19.4 Å². The van der Waals surface area contributed by atoms with Gasteiger partial charge in [-0.05, 0) is 24.6 Å². The Hall–Kier alpha value is -4.81. The number of non-ortho nitro benzene ring substituents is 2. The summed E-state index contributed by atoms with van der Waals surface area (Å²) in [5.74, 6) is -1.10. The van der Waals surface area contributed by atoms with Gasteiger partial charge in [-0.3, -0.25) is 40.5 Å². The van der Waals surface area contributed by atoms with Crippen molar-refractivity contribution in [2.75, 3.05) is 0 Å². The van der Waals surface area contributed by atoms with Crippen molar-refractivity contribution < 1.29 is 24.3 Å². The summed E-state index contributed by atoms with van der Waals surface area (Å²) in [4.78, 5) is 42.7. The first-order valence-electron chi connectivity index (χ1n) is 9.48. The highest BCUT2D eigenvalue weighted by Crippen LogP contribution is 2.42. The number of hydrogen-bond donors (Lipinski definition) is 0. The second kappa shape index (κ2) is 9.13. The molecule has 0 aliphatic heterocycles. The zero-order valence-corrected chi connectivity index (χ0v) is 17.1. The van der Waals surface area contributed by atoms with Crippen LogP contribution < -0.4 is 4.57 Å². The molecule has 0 saturated carbocycles. The minimum Gasteiger partial charge on any atom is -0.258 e. The molecule has 13 heteroatoms. The lowest BCUT2D eigenvalue weighted by atomic mass is 9.83. The van der Waals surface area contributed by atoms with E-state index in [4.69, 9.17) is 0 Å². The molecule has 1 heterocycles. The Bertz CT molecular complexity index is 1200. The van der Waals surface area contributed by atoms with Crippen LogP contribution in [0.25, 0.3) is 0 Å². The second-order valence-electron chi connectivity index (χ2n) is 6.91. The van der Waals surface area contributed by atoms with Crippen molar-refractivity contribution in [3.63, 3.8) is 0 Å². The van der Waals surface area contributed by atoms with Crippen LogP contribution in [0, 0.1) is 40.5 Å². The Morgan fingerprint density at radius 1 is 0.697 bits per heavy atom. The average molecular weight is 454 g/mol. The molecular weight excluding hydrogens is 438 g/mol. The van der Waals surface area contributed by atoms with Crippen LogP contribution >= 0.6 is 0 Å². The third kappa shape index (κ3) is 4.61. The van der Waals surface area contributed by atoms with Crippen molar-refractivity contribution in [3.05, 3.63) is 118 Å². The first-order valence-corrected chi connectivity index (χ1v) is 9.48. The molecule has 3 rings (SSSR count). The van der Waals surface area contributed by atoms with Gasteiger partial charge in [0.05, 0.1) is 31.8 Å². The van der Waals surface area contributed by atoms with Crippen LogP contribution in [0.4, 0.5) is 22.7 Å². The Morgan fingerprint density at radius 2 is 1.12 bits per heavy atom. The summed E-state index contributed by atoms with van der Waals surface area (Å²) in [7, 11) is 0. The van der Waals surface area contributed by atoms with E-state index in [1.807, 2.05) is 6.92 Å². The van der Waals surface area contributed by atoms with Gasteiger partial charge in [-0.15, -0.1) is 0 Å². The van der Waals surface area contributed by atoms with E-state index in [-0.39, 0.29) is 11.1 Å². The highest BCUT2D eigenvalue weighted by molar-refractivity contribution is 5.61. The van der Waals surface area contributed by atoms with E-state index >= 15 is 0 Å². The van der Waals surface area contributed by atoms with E-state index in [1.54, 1.807) is 29.1 Å². The molecule has 0 saturated heterocycles. The van der Waals surface area contributed by atoms with E-state index in [0.717, 1.165) is 24.3 Å². The SMILES string of the molecule is CC[n+]1ccc(C(c2ccc([N+](=O)[O-])cc2[N+](=O)[O-])c2ccc([N+](=O)[O-])cc2[N+](=O)[O-])cc1. The van der Waals surface area contributed by atoms with Gasteiger partial charge in [-0.25, -0.2) is 4.57 Å². The maximum Gasteiger partial charge on any atom is 0.280 e. The molecule has 3 aromatic rings. The summed E-state index contributed by atoms with van der Waals surface area (Å²) >= 11 is 0. The van der Waals surface area contributed by atoms with Crippen LogP contribution in [0.3, 0.4) is 0 Å². The largest absolute Gasteiger partial charge is 0.280 e. The predicted octanol–water partition coefficient (Wildman–Crippen LogP) is 3.81. The summed E-state index contributed by atoms with van der Waals surface area (Å²) < 4.78 is 1.80. The number of nitro benzene ring substituents is 4. The smallest absolute Gasteiger partial charge is 0.258 e. The number of rotatable bonds is 8. The minimum atomic E-state index is -1.10. The molecule has 0 atom stereocenters. The maximum atomic E-state index is 11.8. The van der Waals surface area contributed by atoms with E-state index in [2.05, 4.69) is 0 Å². The number of hydrogen-bond acceptors (Lipinski definition) is 8. The van der Waals surface area contributed by atoms with E-state index in [1.165, 1.54) is 12.1 Å². The Morgan fingerprint density at radius 3 is 1.45 bits per heavy atom. The first kappa shape index (κ1) is 22.9. The van der Waals surface area contributed by atoms with Crippen LogP contribution in [0.5, 0.6) is 0 Å². The monoisotopic (exact) mass is 454 g/mol. The third-order valence-electron chi connectivity index (χ3n) is 5.08. The summed E-state index contributed by atoms with van der Waals surface area (Å²) in [5, 5.41) is 45.8. The molecule has 0 spiro atoms. The molecule has 1 aromatic heterocycles. The Balaban J connectivity index is 2.36. The van der Waals surface area contributed by atoms with Crippen molar-refractivity contribution in [3.8, 4) is 0 Å². The standard InChI is InChI=1S/C20H16N5O8/c1-2-21-9-7-13(8-10-21)20(16-5-3-14(22(26)27)11-18(16)24(30)31)17-6-4-15(23(28)29)12-19(17)25(32)33/h3-12,20H,2H2,1H3/q+1. The van der Waals surface area contributed by atoms with Gasteiger partial charge in [-0.1, -0.05) is 0 Å². The van der Waals surface area contributed by atoms with Crippen molar-refractivity contribution in [2.24, 2.45) is 0 Å². The van der Waals surface area contributed by atoms with Crippen LogP contribution in [-0.4, -0.2) is 19.7 Å². The van der Waals surface area contributed by atoms with Crippen molar-refractivity contribution in [1.82, 2.24) is 0 Å². The fourth-order valence-electron chi connectivity index (χ4n) is 3.49. The molecule has 0 unspecified atom stereocenters. The highest BCUT2D eigenvalue weighted by Gasteiger charge is 2.33. The van der Waals surface area contributed by atoms with Gasteiger partial charge < -0.3 is 0 Å². The zero-order valence-electron chi connectivity index (χ0n) is 17.1. The fraction of sp³-hybridized carbons (Fsp3) is 0.150. The van der Waals surface area contributed by atoms with Gasteiger partial charge >= 0.3 is 0 Å². The molecular formula is C20H16N5O8+. The molecule has 0 bridgehead atoms. The molecule has 168 valence electrons. The highest BCUT2D eigenvalue weighted by atomic mass is 16.6. The van der Waals surface area contributed by atoms with Crippen molar-refractivity contribution in [1.29, 1.82) is 0 Å². The summed E-state index contributed by atoms with van der Waals surface area (Å²) in [6.07, 6.45) is 3.35. The molecule has 0 fully saturated rings. The van der Waals surface area contributed by atoms with Gasteiger partial charge in [-0.2, -0.15) is 0 Å². The lowest BCUT2D eigenvalue weighted by Gasteiger charge is -2.18. The van der Waals surface area contributed by atoms with Gasteiger partial charge in [0.1, 0.15) is 6.54 Å². The van der Waals surface area contributed by atoms with Gasteiger partial charge in [0, 0.05) is 41.3 Å². The van der Waals surface area contributed by atoms with E-state index in [0.29, 0.717) is 12.1 Å². The molecule has 0 radical (unpaired) electrons. The number of benzene rings is 2. The number of pyridine rings is 1. The van der Waals surface area contributed by atoms with E-state index in [9.17, 15) is 40.5 Å². The zero-order chi connectivity index (χ0) is 24.3. The van der Waals surface area contributed by atoms with Crippen molar-refractivity contribution >= 4 is 22.7 Å². The maximum absolute atomic E-state index is 11.8. The lowest BCUT2D eigenvalue weighted by Crippen LogP contribution is -2.31. The second-order valence-corrected chi connectivity index (χ2v) is 6.91. The summed E-state index contributed by atoms with van der Waals surface area (Å²) in [5.41, 5.74) is -1.87. The first-order chi connectivity index (χ1) is 15.6.